The standard InChI is InChI=1S/C8H9Cl2NO3S/c1-5(8(13)14)11-7(12)6-3-2-4-15(6,9)10/h2-5H,1H3,(H,11,12)(H,13,14)/t5-/m0/s1. The Morgan fingerprint density at radius 3 is 2.53 bits per heavy atom. The summed E-state index contributed by atoms with van der Waals surface area (Å²) in [6.45, 7) is 1.36. The maximum atomic E-state index is 11.5. The topological polar surface area (TPSA) is 66.4 Å². The van der Waals surface area contributed by atoms with Gasteiger partial charge in [-0.25, -0.2) is 0 Å². The molecule has 0 bridgehead atoms. The summed E-state index contributed by atoms with van der Waals surface area (Å²) in [5, 5.41) is 12.4. The van der Waals surface area contributed by atoms with E-state index in [9.17, 15) is 9.59 Å². The number of nitrogens with one attached hydrogen (secondary N) is 1. The van der Waals surface area contributed by atoms with Crippen LogP contribution in [-0.2, 0) is 9.59 Å². The molecule has 0 saturated heterocycles. The molecule has 0 aromatic rings. The van der Waals surface area contributed by atoms with E-state index in [4.69, 9.17) is 26.5 Å². The highest BCUT2D eigenvalue weighted by molar-refractivity contribution is 8.70. The lowest BCUT2D eigenvalue weighted by molar-refractivity contribution is -0.140. The van der Waals surface area contributed by atoms with Crippen LogP contribution in [0.3, 0.4) is 0 Å². The number of carboxylic acids is 1. The molecule has 0 fully saturated rings. The quantitative estimate of drug-likeness (QED) is 0.825. The summed E-state index contributed by atoms with van der Waals surface area (Å²) in [6, 6.07) is -0.970. The number of allylic oxidation sites excluding steroid dienone is 2. The number of carbonyl (C=O) groups is 2. The number of aliphatic carboxylic acids is 1. The molecule has 4 nitrogen and oxygen atoms in total. The summed E-state index contributed by atoms with van der Waals surface area (Å²) < 4.78 is 0. The zero-order chi connectivity index (χ0) is 11.6. The molecule has 1 atom stereocenters. The van der Waals surface area contributed by atoms with Crippen LogP contribution in [0.4, 0.5) is 0 Å². The lowest BCUT2D eigenvalue weighted by atomic mass is 10.3. The van der Waals surface area contributed by atoms with Gasteiger partial charge in [0.2, 0.25) is 0 Å². The van der Waals surface area contributed by atoms with Crippen LogP contribution in [0.1, 0.15) is 6.92 Å². The number of halogens is 2. The van der Waals surface area contributed by atoms with Crippen molar-refractivity contribution >= 4 is 41.7 Å². The monoisotopic (exact) mass is 269 g/mol. The lowest BCUT2D eigenvalue weighted by Gasteiger charge is -2.20. The minimum atomic E-state index is -2.24. The summed E-state index contributed by atoms with van der Waals surface area (Å²) in [5.74, 6) is -1.66. The van der Waals surface area contributed by atoms with Crippen molar-refractivity contribution < 1.29 is 14.7 Å². The van der Waals surface area contributed by atoms with E-state index in [2.05, 4.69) is 5.32 Å². The minimum Gasteiger partial charge on any atom is -0.480 e. The molecule has 0 saturated carbocycles. The van der Waals surface area contributed by atoms with E-state index < -0.39 is 26.4 Å². The van der Waals surface area contributed by atoms with Crippen LogP contribution in [0.5, 0.6) is 0 Å². The summed E-state index contributed by atoms with van der Waals surface area (Å²) in [7, 11) is 9.52. The molecule has 1 aliphatic rings. The first-order chi connectivity index (χ1) is 6.84. The number of hydrogen-bond acceptors (Lipinski definition) is 2. The van der Waals surface area contributed by atoms with Gasteiger partial charge in [-0.15, -0.1) is 0 Å². The molecule has 0 spiro atoms. The van der Waals surface area contributed by atoms with Crippen LogP contribution < -0.4 is 5.32 Å². The second kappa shape index (κ2) is 4.47. The number of carbonyl (C=O) groups excluding carboxylic acids is 1. The highest BCUT2D eigenvalue weighted by Gasteiger charge is 2.30. The maximum Gasteiger partial charge on any atom is 0.325 e. The van der Waals surface area contributed by atoms with Gasteiger partial charge in [0.15, 0.2) is 0 Å². The fourth-order valence-corrected chi connectivity index (χ4v) is 2.99. The largest absolute Gasteiger partial charge is 0.480 e. The van der Waals surface area contributed by atoms with E-state index in [0.717, 1.165) is 0 Å². The molecule has 2 N–H and O–H groups in total. The van der Waals surface area contributed by atoms with Gasteiger partial charge in [-0.1, -0.05) is 6.08 Å². The van der Waals surface area contributed by atoms with Crippen molar-refractivity contribution in [3.63, 3.8) is 0 Å². The Hall–Kier alpha value is -0.650. The highest BCUT2D eigenvalue weighted by atomic mass is 36.0. The van der Waals surface area contributed by atoms with E-state index in [1.54, 1.807) is 6.08 Å². The number of hydrogen-bond donors (Lipinski definition) is 2. The average molecular weight is 270 g/mol. The van der Waals surface area contributed by atoms with Crippen LogP contribution in [0.15, 0.2) is 22.5 Å². The third-order valence-corrected chi connectivity index (χ3v) is 4.75. The molecule has 7 heteroatoms. The van der Waals surface area contributed by atoms with Gasteiger partial charge in [0.25, 0.3) is 5.91 Å². The first-order valence-electron chi connectivity index (χ1n) is 3.99. The van der Waals surface area contributed by atoms with Crippen molar-refractivity contribution in [2.24, 2.45) is 0 Å². The summed E-state index contributed by atoms with van der Waals surface area (Å²) >= 11 is 0. The van der Waals surface area contributed by atoms with Crippen LogP contribution in [0.25, 0.3) is 0 Å². The Balaban J connectivity index is 2.68. The molecule has 1 aliphatic heterocycles. The fraction of sp³-hybridized carbons (Fsp3) is 0.250. The van der Waals surface area contributed by atoms with Crippen molar-refractivity contribution in [3.8, 4) is 0 Å². The Kier molecular flexibility index (Phi) is 3.70. The molecule has 84 valence electrons. The van der Waals surface area contributed by atoms with Gasteiger partial charge in [-0.3, -0.25) is 9.59 Å². The zero-order valence-electron chi connectivity index (χ0n) is 7.74. The molecule has 0 aromatic carbocycles. The maximum absolute atomic E-state index is 11.5. The van der Waals surface area contributed by atoms with Gasteiger partial charge in [0, 0.05) is 0 Å². The Bertz CT molecular complexity index is 365. The molecule has 1 heterocycles. The van der Waals surface area contributed by atoms with Gasteiger partial charge in [0.05, 0.1) is 4.91 Å². The van der Waals surface area contributed by atoms with Gasteiger partial charge >= 0.3 is 5.97 Å². The Morgan fingerprint density at radius 1 is 1.53 bits per heavy atom. The fourth-order valence-electron chi connectivity index (χ4n) is 0.918. The smallest absolute Gasteiger partial charge is 0.325 e. The van der Waals surface area contributed by atoms with E-state index in [1.807, 2.05) is 0 Å². The van der Waals surface area contributed by atoms with Crippen molar-refractivity contribution in [3.05, 3.63) is 22.5 Å². The molecular weight excluding hydrogens is 261 g/mol. The molecule has 0 aromatic heterocycles. The normalized spacial score (nSPS) is 21.7. The van der Waals surface area contributed by atoms with Gasteiger partial charge in [0.1, 0.15) is 6.04 Å². The number of carboxylic acid groups (broad SMARTS) is 1. The minimum absolute atomic E-state index is 0.207. The van der Waals surface area contributed by atoms with Crippen LogP contribution in [0.2, 0.25) is 0 Å². The first kappa shape index (κ1) is 12.4. The Labute approximate surface area is 97.2 Å². The van der Waals surface area contributed by atoms with Crippen molar-refractivity contribution in [2.75, 3.05) is 0 Å². The van der Waals surface area contributed by atoms with Crippen LogP contribution >= 0.6 is 29.8 Å². The lowest BCUT2D eigenvalue weighted by Crippen LogP contribution is -2.39. The second-order valence-electron chi connectivity index (χ2n) is 2.90. The summed E-state index contributed by atoms with van der Waals surface area (Å²) in [6.07, 6.45) is 3.06. The predicted octanol–water partition coefficient (Wildman–Crippen LogP) is 2.10. The van der Waals surface area contributed by atoms with Gasteiger partial charge in [-0.05, 0) is 48.2 Å². The molecule has 1 rings (SSSR count). The third-order valence-electron chi connectivity index (χ3n) is 1.73. The summed E-state index contributed by atoms with van der Waals surface area (Å²) in [4.78, 5) is 22.3. The number of amides is 1. The third kappa shape index (κ3) is 2.90. The van der Waals surface area contributed by atoms with E-state index in [1.165, 1.54) is 18.4 Å². The number of rotatable bonds is 3. The van der Waals surface area contributed by atoms with E-state index in [0.29, 0.717) is 0 Å². The molecule has 0 unspecified atom stereocenters. The second-order valence-corrected chi connectivity index (χ2v) is 8.03. The molecule has 1 amide bonds. The molecule has 0 aliphatic carbocycles. The summed E-state index contributed by atoms with van der Waals surface area (Å²) in [5.41, 5.74) is 0. The molecule has 15 heavy (non-hydrogen) atoms. The SMILES string of the molecule is C[C@H](NC(=O)C1=CC=CS1(Cl)Cl)C(=O)O. The van der Waals surface area contributed by atoms with Gasteiger partial charge in [-0.2, -0.15) is 0 Å². The average Bonchev–Trinajstić information content (AvgIpc) is 2.44. The zero-order valence-corrected chi connectivity index (χ0v) is 10.1. The first-order valence-corrected chi connectivity index (χ1v) is 7.34. The van der Waals surface area contributed by atoms with Crippen molar-refractivity contribution in [1.29, 1.82) is 0 Å². The van der Waals surface area contributed by atoms with Crippen molar-refractivity contribution in [1.82, 2.24) is 5.32 Å². The van der Waals surface area contributed by atoms with Gasteiger partial charge < -0.3 is 10.4 Å². The van der Waals surface area contributed by atoms with Crippen LogP contribution in [0, 0.1) is 0 Å². The van der Waals surface area contributed by atoms with E-state index in [-0.39, 0.29) is 4.91 Å². The predicted molar refractivity (Wildman–Crippen MR) is 61.8 cm³/mol. The highest BCUT2D eigenvalue weighted by Crippen LogP contribution is 2.68. The molecule has 0 radical (unpaired) electrons. The molecular formula is C8H9Cl2NO3S. The Morgan fingerprint density at radius 2 is 2.13 bits per heavy atom. The van der Waals surface area contributed by atoms with Crippen LogP contribution in [-0.4, -0.2) is 23.0 Å². The van der Waals surface area contributed by atoms with E-state index >= 15 is 0 Å². The van der Waals surface area contributed by atoms with Crippen molar-refractivity contribution in [2.45, 2.75) is 13.0 Å².